The smallest absolute Gasteiger partial charge is 0.434 e. The zero-order chi connectivity index (χ0) is 33.0. The van der Waals surface area contributed by atoms with E-state index in [1.807, 2.05) is 13.8 Å². The Hall–Kier alpha value is -2.24. The number of alkyl halides is 1. The lowest BCUT2D eigenvalue weighted by molar-refractivity contribution is -0.184. The van der Waals surface area contributed by atoms with Gasteiger partial charge in [0.15, 0.2) is 11.4 Å². The SMILES string of the molecule is CCCCOC(=O)O[C@]1(C(=O)COS(=O)(=O)c2ccc(Cl)cc2)[C@H](C)C[C@H]2[C@@H]3CCC4=CC(=O)C=C[C@]4(C)[C@@]3(Cl)C(O)C[C@@]21C. The van der Waals surface area contributed by atoms with Crippen molar-refractivity contribution in [1.82, 2.24) is 0 Å². The molecule has 5 rings (SSSR count). The highest BCUT2D eigenvalue weighted by atomic mass is 35.5. The molecule has 1 N–H and O–H groups in total. The molecule has 4 aliphatic carbocycles. The van der Waals surface area contributed by atoms with E-state index in [4.69, 9.17) is 36.9 Å². The molecule has 0 bridgehead atoms. The number of ketones is 2. The minimum Gasteiger partial charge on any atom is -0.434 e. The molecule has 4 aliphatic rings. The Kier molecular flexibility index (Phi) is 9.16. The first kappa shape index (κ1) is 34.1. The van der Waals surface area contributed by atoms with Crippen LogP contribution in [0.5, 0.6) is 0 Å². The molecule has 8 atom stereocenters. The van der Waals surface area contributed by atoms with Crippen molar-refractivity contribution in [2.45, 2.75) is 87.7 Å². The van der Waals surface area contributed by atoms with Gasteiger partial charge in [-0.15, -0.1) is 11.6 Å². The van der Waals surface area contributed by atoms with Crippen LogP contribution in [-0.2, 0) is 33.4 Å². The van der Waals surface area contributed by atoms with Crippen LogP contribution in [0.2, 0.25) is 5.02 Å². The second-order valence-corrected chi connectivity index (χ2v) is 16.0. The van der Waals surface area contributed by atoms with Crippen LogP contribution in [0.15, 0.2) is 53.0 Å². The summed E-state index contributed by atoms with van der Waals surface area (Å²) in [4.78, 5) is 38.4. The number of benzene rings is 1. The van der Waals surface area contributed by atoms with Crippen LogP contribution >= 0.6 is 23.2 Å². The summed E-state index contributed by atoms with van der Waals surface area (Å²) in [6, 6.07) is 5.33. The van der Waals surface area contributed by atoms with Crippen LogP contribution in [0, 0.1) is 28.6 Å². The van der Waals surface area contributed by atoms with Crippen molar-refractivity contribution in [1.29, 1.82) is 0 Å². The molecule has 9 nitrogen and oxygen atoms in total. The average Bonchev–Trinajstić information content (AvgIpc) is 3.19. The number of hydrogen-bond donors (Lipinski definition) is 1. The van der Waals surface area contributed by atoms with Crippen LogP contribution in [0.1, 0.15) is 66.2 Å². The summed E-state index contributed by atoms with van der Waals surface area (Å²) in [5.74, 6) is -2.11. The van der Waals surface area contributed by atoms with Crippen molar-refractivity contribution in [2.75, 3.05) is 13.2 Å². The van der Waals surface area contributed by atoms with Gasteiger partial charge in [0.25, 0.3) is 10.1 Å². The lowest BCUT2D eigenvalue weighted by Gasteiger charge is -2.64. The first-order chi connectivity index (χ1) is 21.1. The summed E-state index contributed by atoms with van der Waals surface area (Å²) in [6.07, 6.45) is 5.51. The van der Waals surface area contributed by atoms with Gasteiger partial charge in [-0.05, 0) is 80.4 Å². The summed E-state index contributed by atoms with van der Waals surface area (Å²) >= 11 is 13.4. The molecule has 0 heterocycles. The monoisotopic (exact) mass is 682 g/mol. The average molecular weight is 684 g/mol. The highest BCUT2D eigenvalue weighted by molar-refractivity contribution is 7.86. The van der Waals surface area contributed by atoms with Crippen LogP contribution in [0.25, 0.3) is 0 Å². The minimum absolute atomic E-state index is 0.0232. The number of aliphatic hydroxyl groups excluding tert-OH is 1. The summed E-state index contributed by atoms with van der Waals surface area (Å²) in [5.41, 5.74) is -3.01. The van der Waals surface area contributed by atoms with Crippen molar-refractivity contribution in [2.24, 2.45) is 28.6 Å². The molecule has 0 aromatic heterocycles. The summed E-state index contributed by atoms with van der Waals surface area (Å²) < 4.78 is 42.8. The number of halogens is 2. The Morgan fingerprint density at radius 2 is 1.82 bits per heavy atom. The van der Waals surface area contributed by atoms with Gasteiger partial charge in [-0.2, -0.15) is 8.42 Å². The second kappa shape index (κ2) is 12.1. The molecule has 1 aromatic carbocycles. The van der Waals surface area contributed by atoms with Crippen molar-refractivity contribution >= 4 is 51.0 Å². The molecular weight excluding hydrogens is 643 g/mol. The highest BCUT2D eigenvalue weighted by Gasteiger charge is 2.76. The van der Waals surface area contributed by atoms with E-state index in [1.165, 1.54) is 30.3 Å². The number of carbonyl (C=O) groups is 3. The highest BCUT2D eigenvalue weighted by Crippen LogP contribution is 2.72. The van der Waals surface area contributed by atoms with Gasteiger partial charge in [0.1, 0.15) is 6.61 Å². The summed E-state index contributed by atoms with van der Waals surface area (Å²) in [5, 5.41) is 12.3. The van der Waals surface area contributed by atoms with Gasteiger partial charge in [-0.25, -0.2) is 4.79 Å². The van der Waals surface area contributed by atoms with E-state index >= 15 is 0 Å². The van der Waals surface area contributed by atoms with Gasteiger partial charge in [0.05, 0.1) is 22.5 Å². The molecule has 1 aromatic rings. The first-order valence-corrected chi connectivity index (χ1v) is 17.6. The Morgan fingerprint density at radius 3 is 2.49 bits per heavy atom. The van der Waals surface area contributed by atoms with E-state index in [0.29, 0.717) is 30.7 Å². The fraction of sp³-hybridized carbons (Fsp3) is 0.606. The maximum absolute atomic E-state index is 14.4. The van der Waals surface area contributed by atoms with Gasteiger partial charge in [0, 0.05) is 21.8 Å². The van der Waals surface area contributed by atoms with Crippen molar-refractivity contribution in [3.8, 4) is 0 Å². The lowest BCUT2D eigenvalue weighted by Crippen LogP contribution is -2.69. The molecule has 0 saturated heterocycles. The number of ether oxygens (including phenoxy) is 2. The van der Waals surface area contributed by atoms with Crippen molar-refractivity contribution in [3.05, 3.63) is 53.1 Å². The minimum atomic E-state index is -4.37. The molecule has 1 unspecified atom stereocenters. The van der Waals surface area contributed by atoms with E-state index in [0.717, 1.165) is 12.0 Å². The van der Waals surface area contributed by atoms with E-state index in [2.05, 4.69) is 0 Å². The molecule has 246 valence electrons. The topological polar surface area (TPSA) is 133 Å². The summed E-state index contributed by atoms with van der Waals surface area (Å²) in [6.45, 7) is 6.64. The van der Waals surface area contributed by atoms with E-state index in [1.54, 1.807) is 26.0 Å². The maximum atomic E-state index is 14.4. The second-order valence-electron chi connectivity index (χ2n) is 13.3. The fourth-order valence-electron chi connectivity index (χ4n) is 8.77. The standard InChI is InChI=1S/C33H40Cl2O9S/c1-5-6-15-42-29(39)44-33(28(38)19-43-45(40,41)24-10-8-22(34)9-11-24)20(2)16-26-25-12-7-21-17-23(36)13-14-30(21,3)32(25,35)27(37)18-31(26,33)4/h8-11,13-14,17,20,25-27,37H,5-7,12,15-16,18-19H2,1-4H3/t20-,25+,26+,27?,30+,31+,32+,33+/m1/s1. The zero-order valence-corrected chi connectivity index (χ0v) is 28.2. The number of unbranched alkanes of at least 4 members (excludes halogenated alkanes) is 1. The molecule has 3 fully saturated rings. The van der Waals surface area contributed by atoms with Gasteiger partial charge in [-0.3, -0.25) is 13.8 Å². The molecule has 0 radical (unpaired) electrons. The predicted molar refractivity (Wildman–Crippen MR) is 167 cm³/mol. The molecule has 45 heavy (non-hydrogen) atoms. The lowest BCUT2D eigenvalue weighted by atomic mass is 9.45. The van der Waals surface area contributed by atoms with Crippen LogP contribution in [0.3, 0.4) is 0 Å². The van der Waals surface area contributed by atoms with Gasteiger partial charge in [-0.1, -0.05) is 57.4 Å². The summed E-state index contributed by atoms with van der Waals surface area (Å²) in [7, 11) is -4.37. The Balaban J connectivity index is 1.53. The number of aliphatic hydroxyl groups is 1. The third-order valence-electron chi connectivity index (χ3n) is 11.0. The molecule has 0 aliphatic heterocycles. The Morgan fingerprint density at radius 1 is 1.13 bits per heavy atom. The number of hydrogen-bond acceptors (Lipinski definition) is 9. The Labute approximate surface area is 274 Å². The molecule has 0 amide bonds. The number of Topliss-reactive ketones (excluding diaryl/α,β-unsaturated/α-hetero) is 1. The fourth-order valence-corrected chi connectivity index (χ4v) is 10.3. The van der Waals surface area contributed by atoms with Gasteiger partial charge < -0.3 is 14.6 Å². The number of allylic oxidation sites excluding steroid dienone is 4. The normalized spacial score (nSPS) is 37.2. The van der Waals surface area contributed by atoms with E-state index in [-0.39, 0.29) is 35.5 Å². The van der Waals surface area contributed by atoms with Gasteiger partial charge in [0.2, 0.25) is 5.78 Å². The van der Waals surface area contributed by atoms with Crippen molar-refractivity contribution < 1.29 is 41.6 Å². The largest absolute Gasteiger partial charge is 0.509 e. The number of carbonyl (C=O) groups excluding carboxylic acids is 3. The number of rotatable bonds is 9. The van der Waals surface area contributed by atoms with E-state index < -0.39 is 62.0 Å². The van der Waals surface area contributed by atoms with E-state index in [9.17, 15) is 27.9 Å². The maximum Gasteiger partial charge on any atom is 0.509 e. The molecule has 0 spiro atoms. The van der Waals surface area contributed by atoms with Crippen LogP contribution in [0.4, 0.5) is 4.79 Å². The third-order valence-corrected chi connectivity index (χ3v) is 13.5. The van der Waals surface area contributed by atoms with Crippen LogP contribution < -0.4 is 0 Å². The molecule has 3 saturated carbocycles. The third kappa shape index (κ3) is 5.29. The molecular formula is C33H40Cl2O9S. The van der Waals surface area contributed by atoms with Crippen molar-refractivity contribution in [3.63, 3.8) is 0 Å². The Bertz CT molecular complexity index is 1540. The molecule has 12 heteroatoms. The quantitative estimate of drug-likeness (QED) is 0.140. The first-order valence-electron chi connectivity index (χ1n) is 15.4. The number of fused-ring (bicyclic) bond motifs is 5. The predicted octanol–water partition coefficient (Wildman–Crippen LogP) is 6.19. The van der Waals surface area contributed by atoms with Gasteiger partial charge >= 0.3 is 6.16 Å². The zero-order valence-electron chi connectivity index (χ0n) is 25.9. The van der Waals surface area contributed by atoms with Crippen LogP contribution in [-0.4, -0.2) is 61.0 Å².